The maximum Gasteiger partial charge on any atom is 0.123 e. The second kappa shape index (κ2) is 8.00. The molecule has 0 aliphatic heterocycles. The number of anilines is 2. The lowest BCUT2D eigenvalue weighted by Gasteiger charge is -2.31. The fraction of sp³-hybridized carbons (Fsp3) is 0.625. The molecule has 114 valence electrons. The lowest BCUT2D eigenvalue weighted by Crippen LogP contribution is -2.35. The van der Waals surface area contributed by atoms with Gasteiger partial charge < -0.3 is 20.1 Å². The van der Waals surface area contributed by atoms with Crippen molar-refractivity contribution in [3.05, 3.63) is 18.2 Å². The number of nitrogen functional groups attached to an aromatic ring is 1. The van der Waals surface area contributed by atoms with Crippen molar-refractivity contribution in [3.8, 4) is 5.75 Å². The summed E-state index contributed by atoms with van der Waals surface area (Å²) in [6, 6.07) is 6.35. The molecule has 0 aliphatic rings. The van der Waals surface area contributed by atoms with Crippen LogP contribution in [0.3, 0.4) is 0 Å². The van der Waals surface area contributed by atoms with Gasteiger partial charge in [0.05, 0.1) is 12.7 Å². The minimum absolute atomic E-state index is 0.140. The monoisotopic (exact) mass is 280 g/mol. The molecule has 0 radical (unpaired) electrons. The van der Waals surface area contributed by atoms with Gasteiger partial charge in [-0.05, 0) is 33.3 Å². The topological polar surface area (TPSA) is 47.7 Å². The van der Waals surface area contributed by atoms with Crippen LogP contribution in [0.5, 0.6) is 5.75 Å². The van der Waals surface area contributed by atoms with Gasteiger partial charge in [0.2, 0.25) is 0 Å². The van der Waals surface area contributed by atoms with Crippen LogP contribution >= 0.6 is 0 Å². The largest absolute Gasteiger partial charge is 0.491 e. The van der Waals surface area contributed by atoms with Gasteiger partial charge in [0.15, 0.2) is 0 Å². The minimum Gasteiger partial charge on any atom is -0.491 e. The van der Waals surface area contributed by atoms with Gasteiger partial charge in [0.25, 0.3) is 0 Å². The van der Waals surface area contributed by atoms with Crippen molar-refractivity contribution in [3.63, 3.8) is 0 Å². The van der Waals surface area contributed by atoms with E-state index in [4.69, 9.17) is 15.2 Å². The SMILES string of the molecule is CCC(C)N(CCOC)c1cc(N)cc(OC(C)C)c1. The normalized spacial score (nSPS) is 12.5. The Bertz CT molecular complexity index is 407. The Balaban J connectivity index is 3.01. The highest BCUT2D eigenvalue weighted by Crippen LogP contribution is 2.28. The lowest BCUT2D eigenvalue weighted by molar-refractivity contribution is 0.203. The van der Waals surface area contributed by atoms with Crippen molar-refractivity contribution in [2.45, 2.75) is 46.3 Å². The average Bonchev–Trinajstić information content (AvgIpc) is 2.37. The summed E-state index contributed by atoms with van der Waals surface area (Å²) >= 11 is 0. The molecule has 20 heavy (non-hydrogen) atoms. The van der Waals surface area contributed by atoms with E-state index in [2.05, 4.69) is 24.8 Å². The quantitative estimate of drug-likeness (QED) is 0.742. The molecule has 0 fully saturated rings. The number of hydrogen-bond donors (Lipinski definition) is 1. The van der Waals surface area contributed by atoms with Gasteiger partial charge >= 0.3 is 0 Å². The first-order chi connectivity index (χ1) is 9.47. The molecule has 0 aromatic heterocycles. The summed E-state index contributed by atoms with van der Waals surface area (Å²) in [7, 11) is 1.72. The fourth-order valence-corrected chi connectivity index (χ4v) is 2.13. The molecule has 4 heteroatoms. The molecule has 2 N–H and O–H groups in total. The third-order valence-corrected chi connectivity index (χ3v) is 3.28. The summed E-state index contributed by atoms with van der Waals surface area (Å²) in [4.78, 5) is 2.31. The van der Waals surface area contributed by atoms with E-state index in [-0.39, 0.29) is 6.10 Å². The smallest absolute Gasteiger partial charge is 0.123 e. The maximum atomic E-state index is 6.01. The van der Waals surface area contributed by atoms with Gasteiger partial charge in [0.1, 0.15) is 5.75 Å². The average molecular weight is 280 g/mol. The molecule has 0 bridgehead atoms. The van der Waals surface area contributed by atoms with Gasteiger partial charge in [-0.2, -0.15) is 0 Å². The van der Waals surface area contributed by atoms with Crippen LogP contribution in [0.15, 0.2) is 18.2 Å². The van der Waals surface area contributed by atoms with E-state index in [1.165, 1.54) is 0 Å². The molecule has 0 saturated heterocycles. The number of nitrogens with two attached hydrogens (primary N) is 1. The van der Waals surface area contributed by atoms with E-state index < -0.39 is 0 Å². The van der Waals surface area contributed by atoms with Crippen LogP contribution in [0.4, 0.5) is 11.4 Å². The van der Waals surface area contributed by atoms with Crippen LogP contribution < -0.4 is 15.4 Å². The first-order valence-corrected chi connectivity index (χ1v) is 7.30. The van der Waals surface area contributed by atoms with Crippen LogP contribution in [-0.2, 0) is 4.74 Å². The van der Waals surface area contributed by atoms with E-state index >= 15 is 0 Å². The molecular weight excluding hydrogens is 252 g/mol. The number of hydrogen-bond acceptors (Lipinski definition) is 4. The molecule has 0 heterocycles. The van der Waals surface area contributed by atoms with Crippen LogP contribution in [0.1, 0.15) is 34.1 Å². The van der Waals surface area contributed by atoms with E-state index in [9.17, 15) is 0 Å². The number of rotatable bonds is 8. The predicted molar refractivity (Wildman–Crippen MR) is 85.6 cm³/mol. The second-order valence-corrected chi connectivity index (χ2v) is 5.37. The summed E-state index contributed by atoms with van der Waals surface area (Å²) in [5.41, 5.74) is 7.82. The zero-order valence-corrected chi connectivity index (χ0v) is 13.3. The van der Waals surface area contributed by atoms with E-state index in [0.717, 1.165) is 30.1 Å². The Kier molecular flexibility index (Phi) is 6.65. The highest BCUT2D eigenvalue weighted by Gasteiger charge is 2.14. The molecule has 0 spiro atoms. The lowest BCUT2D eigenvalue weighted by atomic mass is 10.1. The van der Waals surface area contributed by atoms with Gasteiger partial charge in [-0.15, -0.1) is 0 Å². The van der Waals surface area contributed by atoms with Crippen molar-refractivity contribution in [1.82, 2.24) is 0 Å². The number of benzene rings is 1. The van der Waals surface area contributed by atoms with Crippen LogP contribution in [0.2, 0.25) is 0 Å². The van der Waals surface area contributed by atoms with Gasteiger partial charge in [-0.3, -0.25) is 0 Å². The van der Waals surface area contributed by atoms with Crippen molar-refractivity contribution in [2.24, 2.45) is 0 Å². The highest BCUT2D eigenvalue weighted by molar-refractivity contribution is 5.61. The summed E-state index contributed by atoms with van der Waals surface area (Å²) in [6.45, 7) is 9.96. The molecule has 1 atom stereocenters. The van der Waals surface area contributed by atoms with Crippen LogP contribution in [0.25, 0.3) is 0 Å². The van der Waals surface area contributed by atoms with Crippen LogP contribution in [-0.4, -0.2) is 32.4 Å². The third-order valence-electron chi connectivity index (χ3n) is 3.28. The zero-order chi connectivity index (χ0) is 15.1. The first kappa shape index (κ1) is 16.6. The summed E-state index contributed by atoms with van der Waals surface area (Å²) in [5, 5.41) is 0. The second-order valence-electron chi connectivity index (χ2n) is 5.37. The Morgan fingerprint density at radius 2 is 1.90 bits per heavy atom. The van der Waals surface area contributed by atoms with Crippen molar-refractivity contribution in [2.75, 3.05) is 30.9 Å². The fourth-order valence-electron chi connectivity index (χ4n) is 2.13. The molecular formula is C16H28N2O2. The minimum atomic E-state index is 0.140. The van der Waals surface area contributed by atoms with Gasteiger partial charge in [-0.1, -0.05) is 6.92 Å². The number of ether oxygens (including phenoxy) is 2. The Labute approximate surface area is 122 Å². The summed E-state index contributed by atoms with van der Waals surface area (Å²) in [5.74, 6) is 0.820. The standard InChI is InChI=1S/C16H28N2O2/c1-6-13(4)18(7-8-19-5)15-9-14(17)10-16(11-15)20-12(2)3/h9-13H,6-8,17H2,1-5H3. The number of nitrogens with zero attached hydrogens (tertiary/aromatic N) is 1. The Morgan fingerprint density at radius 1 is 1.20 bits per heavy atom. The van der Waals surface area contributed by atoms with Crippen LogP contribution in [0, 0.1) is 0 Å². The van der Waals surface area contributed by atoms with E-state index in [1.807, 2.05) is 26.0 Å². The van der Waals surface area contributed by atoms with Crippen molar-refractivity contribution >= 4 is 11.4 Å². The van der Waals surface area contributed by atoms with Gasteiger partial charge in [-0.25, -0.2) is 0 Å². The van der Waals surface area contributed by atoms with Crippen molar-refractivity contribution < 1.29 is 9.47 Å². The predicted octanol–water partition coefficient (Wildman–Crippen LogP) is 3.31. The van der Waals surface area contributed by atoms with Crippen molar-refractivity contribution in [1.29, 1.82) is 0 Å². The summed E-state index contributed by atoms with van der Waals surface area (Å²) < 4.78 is 11.0. The highest BCUT2D eigenvalue weighted by atomic mass is 16.5. The first-order valence-electron chi connectivity index (χ1n) is 7.30. The molecule has 1 aromatic carbocycles. The Hall–Kier alpha value is -1.42. The number of methoxy groups -OCH3 is 1. The maximum absolute atomic E-state index is 6.01. The van der Waals surface area contributed by atoms with E-state index in [1.54, 1.807) is 7.11 Å². The Morgan fingerprint density at radius 3 is 2.45 bits per heavy atom. The molecule has 0 amide bonds. The molecule has 1 unspecified atom stereocenters. The molecule has 4 nitrogen and oxygen atoms in total. The van der Waals surface area contributed by atoms with E-state index in [0.29, 0.717) is 12.6 Å². The molecule has 0 saturated carbocycles. The molecule has 1 aromatic rings. The molecule has 1 rings (SSSR count). The third kappa shape index (κ3) is 4.93. The summed E-state index contributed by atoms with van der Waals surface area (Å²) in [6.07, 6.45) is 1.21. The zero-order valence-electron chi connectivity index (χ0n) is 13.3. The van der Waals surface area contributed by atoms with Gasteiger partial charge in [0, 0.05) is 43.2 Å². The molecule has 0 aliphatic carbocycles.